The molecule has 2 amide bonds. The molecule has 1 aromatic rings. The van der Waals surface area contributed by atoms with E-state index in [9.17, 15) is 9.59 Å². The van der Waals surface area contributed by atoms with E-state index in [0.29, 0.717) is 19.6 Å². The molecule has 4 atom stereocenters. The average molecular weight is 399 g/mol. The summed E-state index contributed by atoms with van der Waals surface area (Å²) in [6, 6.07) is 4.04. The third kappa shape index (κ3) is 3.03. The maximum atomic E-state index is 13.2. The summed E-state index contributed by atoms with van der Waals surface area (Å²) in [5.74, 6) is -0.790. The maximum Gasteiger partial charge on any atom is 0.230 e. The van der Waals surface area contributed by atoms with Crippen molar-refractivity contribution in [1.82, 2.24) is 10.2 Å². The molecule has 0 saturated carbocycles. The van der Waals surface area contributed by atoms with E-state index in [0.717, 1.165) is 24.1 Å². The Kier molecular flexibility index (Phi) is 4.63. The number of rotatable bonds is 6. The summed E-state index contributed by atoms with van der Waals surface area (Å²) in [6.45, 7) is 1.78. The summed E-state index contributed by atoms with van der Waals surface area (Å²) in [4.78, 5) is 29.1. The number of ether oxygens (including phenoxy) is 1. The number of likely N-dealkylation sites (tertiary alicyclic amines) is 1. The van der Waals surface area contributed by atoms with E-state index in [1.54, 1.807) is 11.3 Å². The Morgan fingerprint density at radius 2 is 2.32 bits per heavy atom. The largest absolute Gasteiger partial charge is 0.360 e. The van der Waals surface area contributed by atoms with Crippen LogP contribution in [0.25, 0.3) is 0 Å². The van der Waals surface area contributed by atoms with Gasteiger partial charge in [-0.1, -0.05) is 29.9 Å². The molecular formula is C22H26N2O3S. The molecule has 4 aliphatic rings. The Hall–Kier alpha value is -1.92. The monoisotopic (exact) mass is 398 g/mol. The Bertz CT molecular complexity index is 831. The van der Waals surface area contributed by atoms with Crippen LogP contribution in [0.5, 0.6) is 0 Å². The third-order valence-electron chi connectivity index (χ3n) is 6.54. The molecule has 6 heteroatoms. The number of nitrogens with zero attached hydrogens (tertiary/aromatic N) is 1. The highest BCUT2D eigenvalue weighted by atomic mass is 32.1. The van der Waals surface area contributed by atoms with Crippen LogP contribution in [-0.4, -0.2) is 41.5 Å². The fraction of sp³-hybridized carbons (Fsp3) is 0.545. The van der Waals surface area contributed by atoms with Crippen molar-refractivity contribution in [2.45, 2.75) is 50.4 Å². The SMILES string of the molecule is O=C(NCCC1=CCCCC1)C1C2C=CC3(CN(Cc4cccs4)C(=O)C13)O2. The number of amides is 2. The van der Waals surface area contributed by atoms with Crippen LogP contribution in [0.1, 0.15) is 37.0 Å². The Balaban J connectivity index is 1.25. The molecule has 1 aliphatic carbocycles. The van der Waals surface area contributed by atoms with Gasteiger partial charge in [-0.25, -0.2) is 0 Å². The molecule has 28 heavy (non-hydrogen) atoms. The van der Waals surface area contributed by atoms with E-state index < -0.39 is 17.4 Å². The summed E-state index contributed by atoms with van der Waals surface area (Å²) in [6.07, 6.45) is 11.8. The number of carbonyl (C=O) groups is 2. The van der Waals surface area contributed by atoms with Crippen molar-refractivity contribution in [2.24, 2.45) is 11.8 Å². The first-order valence-corrected chi connectivity index (χ1v) is 11.2. The standard InChI is InChI=1S/C22H26N2O3S/c25-20(23-11-9-15-5-2-1-3-6-15)18-17-8-10-22(27-17)14-24(21(26)19(18)22)13-16-7-4-12-28-16/h4-5,7-8,10,12,17-19H,1-3,6,9,11,13-14H2,(H,23,25). The molecule has 2 saturated heterocycles. The lowest BCUT2D eigenvalue weighted by Gasteiger charge is -2.23. The fourth-order valence-electron chi connectivity index (χ4n) is 5.20. The van der Waals surface area contributed by atoms with Crippen molar-refractivity contribution < 1.29 is 14.3 Å². The number of fused-ring (bicyclic) bond motifs is 1. The minimum absolute atomic E-state index is 0.0380. The number of carbonyl (C=O) groups excluding carboxylic acids is 2. The van der Waals surface area contributed by atoms with Crippen LogP contribution in [0.15, 0.2) is 41.3 Å². The zero-order valence-corrected chi connectivity index (χ0v) is 16.7. The summed E-state index contributed by atoms with van der Waals surface area (Å²) >= 11 is 1.65. The fourth-order valence-corrected chi connectivity index (χ4v) is 5.92. The lowest BCUT2D eigenvalue weighted by Crippen LogP contribution is -2.44. The molecule has 4 heterocycles. The second-order valence-electron chi connectivity index (χ2n) is 8.32. The molecule has 0 aromatic carbocycles. The smallest absolute Gasteiger partial charge is 0.230 e. The molecule has 2 fully saturated rings. The molecular weight excluding hydrogens is 372 g/mol. The summed E-state index contributed by atoms with van der Waals surface area (Å²) < 4.78 is 6.19. The Morgan fingerprint density at radius 3 is 3.11 bits per heavy atom. The highest BCUT2D eigenvalue weighted by Gasteiger charge is 2.66. The van der Waals surface area contributed by atoms with Gasteiger partial charge in [-0.3, -0.25) is 9.59 Å². The van der Waals surface area contributed by atoms with Crippen LogP contribution in [0.4, 0.5) is 0 Å². The van der Waals surface area contributed by atoms with Crippen LogP contribution in [0.2, 0.25) is 0 Å². The molecule has 2 bridgehead atoms. The average Bonchev–Trinajstić information content (AvgIpc) is 3.46. The van der Waals surface area contributed by atoms with E-state index in [2.05, 4.69) is 11.4 Å². The highest BCUT2D eigenvalue weighted by molar-refractivity contribution is 7.09. The van der Waals surface area contributed by atoms with E-state index >= 15 is 0 Å². The topological polar surface area (TPSA) is 58.6 Å². The molecule has 148 valence electrons. The van der Waals surface area contributed by atoms with Crippen molar-refractivity contribution in [2.75, 3.05) is 13.1 Å². The van der Waals surface area contributed by atoms with Gasteiger partial charge in [0.05, 0.1) is 31.0 Å². The van der Waals surface area contributed by atoms with Gasteiger partial charge in [0, 0.05) is 11.4 Å². The minimum Gasteiger partial charge on any atom is -0.360 e. The summed E-state index contributed by atoms with van der Waals surface area (Å²) in [5, 5.41) is 5.11. The van der Waals surface area contributed by atoms with E-state index in [1.165, 1.54) is 18.4 Å². The van der Waals surface area contributed by atoms with Crippen LogP contribution in [0.3, 0.4) is 0 Å². The molecule has 5 nitrogen and oxygen atoms in total. The van der Waals surface area contributed by atoms with Crippen LogP contribution in [0, 0.1) is 11.8 Å². The van der Waals surface area contributed by atoms with Gasteiger partial charge in [-0.2, -0.15) is 0 Å². The second-order valence-corrected chi connectivity index (χ2v) is 9.36. The van der Waals surface area contributed by atoms with Crippen molar-refractivity contribution in [3.8, 4) is 0 Å². The van der Waals surface area contributed by atoms with Gasteiger partial charge in [0.15, 0.2) is 0 Å². The molecule has 1 aromatic heterocycles. The van der Waals surface area contributed by atoms with Crippen LogP contribution >= 0.6 is 11.3 Å². The third-order valence-corrected chi connectivity index (χ3v) is 7.40. The van der Waals surface area contributed by atoms with Crippen LogP contribution in [-0.2, 0) is 20.9 Å². The molecule has 1 N–H and O–H groups in total. The minimum atomic E-state index is -0.618. The van der Waals surface area contributed by atoms with Crippen LogP contribution < -0.4 is 5.32 Å². The van der Waals surface area contributed by atoms with Gasteiger partial charge < -0.3 is 15.0 Å². The van der Waals surface area contributed by atoms with Crippen molar-refractivity contribution in [3.05, 3.63) is 46.2 Å². The Morgan fingerprint density at radius 1 is 1.39 bits per heavy atom. The number of hydrogen-bond acceptors (Lipinski definition) is 4. The van der Waals surface area contributed by atoms with Gasteiger partial charge >= 0.3 is 0 Å². The quantitative estimate of drug-likeness (QED) is 0.750. The Labute approximate surface area is 169 Å². The maximum absolute atomic E-state index is 13.2. The van der Waals surface area contributed by atoms with Gasteiger partial charge in [0.25, 0.3) is 0 Å². The lowest BCUT2D eigenvalue weighted by atomic mass is 9.77. The van der Waals surface area contributed by atoms with Gasteiger partial charge in [-0.05, 0) is 43.6 Å². The van der Waals surface area contributed by atoms with Crippen molar-refractivity contribution in [3.63, 3.8) is 0 Å². The molecule has 3 aliphatic heterocycles. The number of hydrogen-bond donors (Lipinski definition) is 1. The van der Waals surface area contributed by atoms with E-state index in [4.69, 9.17) is 4.74 Å². The molecule has 0 radical (unpaired) electrons. The zero-order valence-electron chi connectivity index (χ0n) is 15.9. The first-order chi connectivity index (χ1) is 13.7. The summed E-state index contributed by atoms with van der Waals surface area (Å²) in [5.41, 5.74) is 0.832. The first-order valence-electron chi connectivity index (χ1n) is 10.3. The number of allylic oxidation sites excluding steroid dienone is 1. The predicted octanol–water partition coefficient (Wildman–Crippen LogP) is 3.04. The lowest BCUT2D eigenvalue weighted by molar-refractivity contribution is -0.137. The zero-order chi connectivity index (χ0) is 19.1. The normalized spacial score (nSPS) is 33.3. The van der Waals surface area contributed by atoms with Gasteiger partial charge in [0.2, 0.25) is 11.8 Å². The number of nitrogens with one attached hydrogen (secondary N) is 1. The van der Waals surface area contributed by atoms with E-state index in [1.807, 2.05) is 34.6 Å². The highest BCUT2D eigenvalue weighted by Crippen LogP contribution is 2.52. The van der Waals surface area contributed by atoms with Gasteiger partial charge in [-0.15, -0.1) is 11.3 Å². The van der Waals surface area contributed by atoms with E-state index in [-0.39, 0.29) is 17.9 Å². The summed E-state index contributed by atoms with van der Waals surface area (Å²) in [7, 11) is 0. The molecule has 5 rings (SSSR count). The molecule has 1 spiro atoms. The second kappa shape index (κ2) is 7.16. The van der Waals surface area contributed by atoms with Crippen molar-refractivity contribution >= 4 is 23.2 Å². The van der Waals surface area contributed by atoms with Crippen molar-refractivity contribution in [1.29, 1.82) is 0 Å². The molecule has 4 unspecified atom stereocenters. The number of thiophene rings is 1. The first kappa shape index (κ1) is 18.1. The predicted molar refractivity (Wildman–Crippen MR) is 108 cm³/mol. The van der Waals surface area contributed by atoms with Gasteiger partial charge in [0.1, 0.15) is 5.60 Å².